The largest absolute Gasteiger partial charge is 0.387 e. The van der Waals surface area contributed by atoms with Gasteiger partial charge in [-0.15, -0.1) is 24.0 Å². The molecule has 0 aromatic heterocycles. The zero-order chi connectivity index (χ0) is 21.0. The van der Waals surface area contributed by atoms with Crippen molar-refractivity contribution >= 4 is 29.9 Å². The summed E-state index contributed by atoms with van der Waals surface area (Å²) in [5.41, 5.74) is 0.482. The lowest BCUT2D eigenvalue weighted by molar-refractivity contribution is -0.0179. The second-order valence-corrected chi connectivity index (χ2v) is 8.08. The van der Waals surface area contributed by atoms with Gasteiger partial charge in [-0.25, -0.2) is 0 Å². The zero-order valence-electron chi connectivity index (χ0n) is 18.8. The van der Waals surface area contributed by atoms with Gasteiger partial charge in [0.15, 0.2) is 5.96 Å². The van der Waals surface area contributed by atoms with Gasteiger partial charge in [-0.05, 0) is 39.4 Å². The van der Waals surface area contributed by atoms with E-state index < -0.39 is 5.60 Å². The molecule has 0 bridgehead atoms. The van der Waals surface area contributed by atoms with Gasteiger partial charge in [0, 0.05) is 39.3 Å². The van der Waals surface area contributed by atoms with Gasteiger partial charge < -0.3 is 25.4 Å². The second-order valence-electron chi connectivity index (χ2n) is 8.08. The van der Waals surface area contributed by atoms with Crippen molar-refractivity contribution in [1.29, 1.82) is 0 Å². The second kappa shape index (κ2) is 15.0. The topological polar surface area (TPSA) is 72.4 Å². The summed E-state index contributed by atoms with van der Waals surface area (Å²) in [7, 11) is 2.15. The number of nitrogens with one attached hydrogen (secondary N) is 2. The minimum Gasteiger partial charge on any atom is -0.387 e. The first kappa shape index (κ1) is 27.1. The number of guanidine groups is 1. The Kier molecular flexibility index (Phi) is 13.5. The molecule has 0 spiro atoms. The molecule has 1 aliphatic heterocycles. The number of nitrogens with zero attached hydrogens (tertiary/aromatic N) is 3. The summed E-state index contributed by atoms with van der Waals surface area (Å²) in [5, 5.41) is 17.4. The molecule has 0 aliphatic carbocycles. The summed E-state index contributed by atoms with van der Waals surface area (Å²) < 4.78 is 5.37. The SMILES string of the molecule is CCNC(=NCC(C)(O)CN1CCOCC1)NCCCN(C)Cc1ccccc1.I. The molecule has 1 aromatic carbocycles. The molecule has 0 saturated carbocycles. The number of aliphatic imine (C=N–C) groups is 1. The first-order valence-electron chi connectivity index (χ1n) is 10.8. The Hall–Kier alpha value is -0.940. The molecule has 1 aliphatic rings. The Labute approximate surface area is 199 Å². The third-order valence-electron chi connectivity index (χ3n) is 4.89. The maximum Gasteiger partial charge on any atom is 0.191 e. The van der Waals surface area contributed by atoms with Crippen molar-refractivity contribution in [2.45, 2.75) is 32.4 Å². The number of rotatable bonds is 11. The van der Waals surface area contributed by atoms with Crippen LogP contribution in [0.1, 0.15) is 25.8 Å². The van der Waals surface area contributed by atoms with Crippen LogP contribution in [-0.2, 0) is 11.3 Å². The number of β-amino-alcohol motifs (C(OH)–C–C–N with tert-alkyl or cyclic N) is 1. The van der Waals surface area contributed by atoms with Crippen LogP contribution in [-0.4, -0.2) is 92.5 Å². The fourth-order valence-electron chi connectivity index (χ4n) is 3.41. The molecule has 3 N–H and O–H groups in total. The van der Waals surface area contributed by atoms with Crippen LogP contribution < -0.4 is 10.6 Å². The normalized spacial score (nSPS) is 17.3. The van der Waals surface area contributed by atoms with E-state index in [1.54, 1.807) is 0 Å². The quantitative estimate of drug-likeness (QED) is 0.174. The third-order valence-corrected chi connectivity index (χ3v) is 4.89. The van der Waals surface area contributed by atoms with Gasteiger partial charge in [0.2, 0.25) is 0 Å². The molecule has 1 aromatic rings. The Morgan fingerprint density at radius 3 is 2.60 bits per heavy atom. The van der Waals surface area contributed by atoms with Crippen LogP contribution in [0.15, 0.2) is 35.3 Å². The fourth-order valence-corrected chi connectivity index (χ4v) is 3.41. The van der Waals surface area contributed by atoms with Crippen LogP contribution in [0.2, 0.25) is 0 Å². The van der Waals surface area contributed by atoms with E-state index in [4.69, 9.17) is 4.74 Å². The van der Waals surface area contributed by atoms with Gasteiger partial charge in [0.1, 0.15) is 0 Å². The standard InChI is InChI=1S/C22H39N5O2.HI/c1-4-23-21(25-18-22(2,28)19-27-13-15-29-16-14-27)24-11-8-12-26(3)17-20-9-6-5-7-10-20;/h5-7,9-10,28H,4,8,11-19H2,1-3H3,(H2,23,24,25);1H. The van der Waals surface area contributed by atoms with E-state index in [-0.39, 0.29) is 24.0 Å². The van der Waals surface area contributed by atoms with Crippen molar-refractivity contribution in [3.05, 3.63) is 35.9 Å². The number of benzene rings is 1. The van der Waals surface area contributed by atoms with Crippen LogP contribution in [0.25, 0.3) is 0 Å². The summed E-state index contributed by atoms with van der Waals surface area (Å²) in [5.74, 6) is 0.764. The number of ether oxygens (including phenoxy) is 1. The van der Waals surface area contributed by atoms with E-state index in [0.717, 1.165) is 64.9 Å². The van der Waals surface area contributed by atoms with E-state index in [1.807, 2.05) is 13.0 Å². The monoisotopic (exact) mass is 533 g/mol. The minimum atomic E-state index is -0.852. The van der Waals surface area contributed by atoms with Crippen LogP contribution in [0.4, 0.5) is 0 Å². The van der Waals surface area contributed by atoms with Crippen molar-refractivity contribution < 1.29 is 9.84 Å². The molecule has 1 unspecified atom stereocenters. The molecule has 1 saturated heterocycles. The van der Waals surface area contributed by atoms with Crippen molar-refractivity contribution in [3.63, 3.8) is 0 Å². The van der Waals surface area contributed by atoms with Gasteiger partial charge in [-0.2, -0.15) is 0 Å². The Bertz CT molecular complexity index is 594. The molecule has 8 heteroatoms. The number of hydrogen-bond acceptors (Lipinski definition) is 5. The summed E-state index contributed by atoms with van der Waals surface area (Å²) in [6.07, 6.45) is 1.03. The minimum absolute atomic E-state index is 0. The van der Waals surface area contributed by atoms with E-state index >= 15 is 0 Å². The van der Waals surface area contributed by atoms with Gasteiger partial charge in [0.05, 0.1) is 25.4 Å². The summed E-state index contributed by atoms with van der Waals surface area (Å²) in [6, 6.07) is 10.5. The molecule has 1 fully saturated rings. The van der Waals surface area contributed by atoms with Crippen LogP contribution in [0.5, 0.6) is 0 Å². The molecule has 172 valence electrons. The number of aliphatic hydroxyl groups is 1. The first-order valence-corrected chi connectivity index (χ1v) is 10.8. The predicted octanol–water partition coefficient (Wildman–Crippen LogP) is 1.76. The molecule has 1 atom stereocenters. The van der Waals surface area contributed by atoms with Crippen LogP contribution in [0.3, 0.4) is 0 Å². The molecule has 7 nitrogen and oxygen atoms in total. The average Bonchev–Trinajstić information content (AvgIpc) is 2.70. The highest BCUT2D eigenvalue weighted by molar-refractivity contribution is 14.0. The summed E-state index contributed by atoms with van der Waals surface area (Å²) >= 11 is 0. The lowest BCUT2D eigenvalue weighted by Crippen LogP contribution is -2.48. The lowest BCUT2D eigenvalue weighted by atomic mass is 10.1. The molecule has 2 rings (SSSR count). The highest BCUT2D eigenvalue weighted by Crippen LogP contribution is 2.09. The van der Waals surface area contributed by atoms with Gasteiger partial charge in [-0.1, -0.05) is 30.3 Å². The fraction of sp³-hybridized carbons (Fsp3) is 0.682. The highest BCUT2D eigenvalue weighted by Gasteiger charge is 2.25. The van der Waals surface area contributed by atoms with Crippen LogP contribution >= 0.6 is 24.0 Å². The number of hydrogen-bond donors (Lipinski definition) is 3. The molecular formula is C22H40IN5O2. The van der Waals surface area contributed by atoms with Crippen molar-refractivity contribution in [1.82, 2.24) is 20.4 Å². The average molecular weight is 533 g/mol. The van der Waals surface area contributed by atoms with Gasteiger partial charge in [-0.3, -0.25) is 9.89 Å². The molecule has 0 radical (unpaired) electrons. The first-order chi connectivity index (χ1) is 14.0. The van der Waals surface area contributed by atoms with Gasteiger partial charge >= 0.3 is 0 Å². The molecule has 1 heterocycles. The molecular weight excluding hydrogens is 493 g/mol. The Morgan fingerprint density at radius 1 is 1.23 bits per heavy atom. The number of morpholine rings is 1. The van der Waals surface area contributed by atoms with Crippen molar-refractivity contribution in [2.75, 3.05) is 66.1 Å². The lowest BCUT2D eigenvalue weighted by Gasteiger charge is -2.33. The van der Waals surface area contributed by atoms with Gasteiger partial charge in [0.25, 0.3) is 0 Å². The molecule has 0 amide bonds. The Balaban J connectivity index is 0.00000450. The summed E-state index contributed by atoms with van der Waals surface area (Å²) in [4.78, 5) is 9.17. The van der Waals surface area contributed by atoms with E-state index in [1.165, 1.54) is 5.56 Å². The maximum atomic E-state index is 10.7. The number of halogens is 1. The zero-order valence-corrected chi connectivity index (χ0v) is 21.1. The van der Waals surface area contributed by atoms with Crippen molar-refractivity contribution in [3.8, 4) is 0 Å². The Morgan fingerprint density at radius 2 is 1.93 bits per heavy atom. The highest BCUT2D eigenvalue weighted by atomic mass is 127. The van der Waals surface area contributed by atoms with E-state index in [2.05, 4.69) is 63.7 Å². The summed E-state index contributed by atoms with van der Waals surface area (Å²) in [6.45, 7) is 11.7. The maximum absolute atomic E-state index is 10.7. The van der Waals surface area contributed by atoms with Crippen molar-refractivity contribution in [2.24, 2.45) is 4.99 Å². The third kappa shape index (κ3) is 11.5. The predicted molar refractivity (Wildman–Crippen MR) is 135 cm³/mol. The van der Waals surface area contributed by atoms with E-state index in [0.29, 0.717) is 13.1 Å². The molecule has 30 heavy (non-hydrogen) atoms. The van der Waals surface area contributed by atoms with Crippen LogP contribution in [0, 0.1) is 0 Å². The smallest absolute Gasteiger partial charge is 0.191 e. The van der Waals surface area contributed by atoms with E-state index in [9.17, 15) is 5.11 Å².